The maximum absolute atomic E-state index is 12.0. The molecule has 2 rings (SSSR count). The van der Waals surface area contributed by atoms with Crippen LogP contribution in [0, 0.1) is 0 Å². The van der Waals surface area contributed by atoms with Crippen LogP contribution in [0.25, 0.3) is 0 Å². The fourth-order valence-corrected chi connectivity index (χ4v) is 2.92. The molecule has 0 bridgehead atoms. The first-order valence-electron chi connectivity index (χ1n) is 7.20. The number of hydrogen-bond donors (Lipinski definition) is 4. The van der Waals surface area contributed by atoms with Crippen molar-refractivity contribution in [3.63, 3.8) is 0 Å². The Balaban J connectivity index is 1.96. The molecule has 1 amide bonds. The zero-order valence-electron chi connectivity index (χ0n) is 13.3. The lowest BCUT2D eigenvalue weighted by molar-refractivity contribution is -0.119. The van der Waals surface area contributed by atoms with E-state index in [1.807, 2.05) is 0 Å². The molecular weight excluding hydrogens is 346 g/mol. The minimum atomic E-state index is -3.78. The van der Waals surface area contributed by atoms with Crippen molar-refractivity contribution in [3.8, 4) is 11.5 Å². The summed E-state index contributed by atoms with van der Waals surface area (Å²) in [5.74, 6) is -0.967. The second-order valence-corrected chi connectivity index (χ2v) is 6.84. The number of hydrogen-bond acceptors (Lipinski definition) is 6. The van der Waals surface area contributed by atoms with E-state index in [1.54, 1.807) is 25.1 Å². The molecule has 0 unspecified atom stereocenters. The van der Waals surface area contributed by atoms with Gasteiger partial charge in [0, 0.05) is 11.6 Å². The number of phenols is 2. The Bertz CT molecular complexity index is 895. The van der Waals surface area contributed by atoms with Crippen molar-refractivity contribution < 1.29 is 23.4 Å². The summed E-state index contributed by atoms with van der Waals surface area (Å²) in [5, 5.41) is 22.8. The first-order chi connectivity index (χ1) is 11.8. The number of nitrogens with one attached hydrogen (secondary N) is 2. The molecule has 0 saturated heterocycles. The van der Waals surface area contributed by atoms with Gasteiger partial charge in [0.25, 0.3) is 5.91 Å². The van der Waals surface area contributed by atoms with Crippen LogP contribution in [-0.2, 0) is 14.8 Å². The molecule has 132 valence electrons. The highest BCUT2D eigenvalue weighted by Gasteiger charge is 2.14. The first-order valence-corrected chi connectivity index (χ1v) is 8.68. The molecule has 0 aliphatic rings. The average molecular weight is 363 g/mol. The van der Waals surface area contributed by atoms with Crippen LogP contribution in [-0.4, -0.2) is 36.8 Å². The number of phenolic OH excluding ortho intramolecular Hbond substituents is 2. The van der Waals surface area contributed by atoms with Crippen LogP contribution < -0.4 is 10.1 Å². The van der Waals surface area contributed by atoms with Crippen LogP contribution >= 0.6 is 0 Å². The second-order valence-electron chi connectivity index (χ2n) is 5.07. The smallest absolute Gasteiger partial charge is 0.255 e. The molecular formula is C16H17N3O5S. The number of rotatable bonds is 6. The molecule has 4 N–H and O–H groups in total. The summed E-state index contributed by atoms with van der Waals surface area (Å²) in [6.07, 6.45) is 0. The first kappa shape index (κ1) is 18.4. The van der Waals surface area contributed by atoms with E-state index in [2.05, 4.69) is 15.2 Å². The number of sulfonamides is 1. The van der Waals surface area contributed by atoms with Gasteiger partial charge in [-0.3, -0.25) is 4.79 Å². The topological polar surface area (TPSA) is 128 Å². The number of amides is 1. The zero-order chi connectivity index (χ0) is 18.4. The van der Waals surface area contributed by atoms with Crippen LogP contribution in [0.4, 0.5) is 0 Å². The van der Waals surface area contributed by atoms with Crippen LogP contribution in [0.2, 0.25) is 0 Å². The minimum Gasteiger partial charge on any atom is -0.508 e. The van der Waals surface area contributed by atoms with Crippen molar-refractivity contribution >= 4 is 21.6 Å². The van der Waals surface area contributed by atoms with Gasteiger partial charge in [0.1, 0.15) is 11.5 Å². The van der Waals surface area contributed by atoms with Gasteiger partial charge in [-0.2, -0.15) is 5.10 Å². The maximum Gasteiger partial charge on any atom is 0.255 e. The van der Waals surface area contributed by atoms with E-state index in [-0.39, 0.29) is 22.1 Å². The highest BCUT2D eigenvalue weighted by atomic mass is 32.2. The standard InChI is InChI=1S/C16H17N3O5S/c1-11(14-8-7-12(20)9-15(14)21)18-19-16(22)10-17-25(23,24)13-5-3-2-4-6-13/h2-9,17,20-21H,10H2,1H3,(H,19,22)/b18-11+. The molecule has 0 heterocycles. The second kappa shape index (κ2) is 7.77. The van der Waals surface area contributed by atoms with E-state index >= 15 is 0 Å². The molecule has 0 saturated carbocycles. The molecule has 0 spiro atoms. The van der Waals surface area contributed by atoms with Gasteiger partial charge in [-0.05, 0) is 31.2 Å². The van der Waals surface area contributed by atoms with Crippen molar-refractivity contribution in [2.24, 2.45) is 5.10 Å². The molecule has 8 nitrogen and oxygen atoms in total. The van der Waals surface area contributed by atoms with E-state index < -0.39 is 22.5 Å². The Morgan fingerprint density at radius 2 is 1.80 bits per heavy atom. The van der Waals surface area contributed by atoms with E-state index in [9.17, 15) is 23.4 Å². The summed E-state index contributed by atoms with van der Waals surface area (Å²) >= 11 is 0. The Labute approximate surface area is 144 Å². The van der Waals surface area contributed by atoms with E-state index in [0.717, 1.165) is 6.07 Å². The minimum absolute atomic E-state index is 0.0523. The molecule has 0 aromatic heterocycles. The molecule has 0 radical (unpaired) electrons. The predicted molar refractivity (Wildman–Crippen MR) is 91.8 cm³/mol. The summed E-state index contributed by atoms with van der Waals surface area (Å²) in [6.45, 7) is 1.05. The van der Waals surface area contributed by atoms with E-state index in [0.29, 0.717) is 5.56 Å². The molecule has 0 aliphatic heterocycles. The lowest BCUT2D eigenvalue weighted by atomic mass is 10.1. The van der Waals surface area contributed by atoms with Gasteiger partial charge in [-0.1, -0.05) is 18.2 Å². The lowest BCUT2D eigenvalue weighted by Crippen LogP contribution is -2.35. The van der Waals surface area contributed by atoms with Crippen molar-refractivity contribution in [2.45, 2.75) is 11.8 Å². The van der Waals surface area contributed by atoms with E-state index in [1.165, 1.54) is 24.3 Å². The van der Waals surface area contributed by atoms with Crippen molar-refractivity contribution in [3.05, 3.63) is 54.1 Å². The number of nitrogens with zero attached hydrogens (tertiary/aromatic N) is 1. The summed E-state index contributed by atoms with van der Waals surface area (Å²) < 4.78 is 26.1. The summed E-state index contributed by atoms with van der Waals surface area (Å²) in [7, 11) is -3.78. The van der Waals surface area contributed by atoms with Crippen LogP contribution in [0.1, 0.15) is 12.5 Å². The monoisotopic (exact) mass is 363 g/mol. The van der Waals surface area contributed by atoms with Crippen LogP contribution in [0.5, 0.6) is 11.5 Å². The average Bonchev–Trinajstić information content (AvgIpc) is 2.58. The number of carbonyl (C=O) groups excluding carboxylic acids is 1. The van der Waals surface area contributed by atoms with Gasteiger partial charge in [-0.15, -0.1) is 0 Å². The van der Waals surface area contributed by atoms with Crippen LogP contribution in [0.15, 0.2) is 58.5 Å². The van der Waals surface area contributed by atoms with Gasteiger partial charge in [-0.25, -0.2) is 18.6 Å². The highest BCUT2D eigenvalue weighted by Crippen LogP contribution is 2.22. The molecule has 0 aliphatic carbocycles. The summed E-state index contributed by atoms with van der Waals surface area (Å²) in [5.41, 5.74) is 2.81. The van der Waals surface area contributed by atoms with Gasteiger partial charge in [0.15, 0.2) is 0 Å². The Kier molecular flexibility index (Phi) is 5.73. The Morgan fingerprint density at radius 3 is 2.44 bits per heavy atom. The summed E-state index contributed by atoms with van der Waals surface area (Å²) in [6, 6.07) is 11.6. The number of carbonyl (C=O) groups is 1. The quantitative estimate of drug-likeness (QED) is 0.448. The molecule has 25 heavy (non-hydrogen) atoms. The third kappa shape index (κ3) is 5.03. The Hall–Kier alpha value is -2.91. The molecule has 0 atom stereocenters. The van der Waals surface area contributed by atoms with E-state index in [4.69, 9.17) is 0 Å². The molecule has 9 heteroatoms. The molecule has 2 aromatic carbocycles. The highest BCUT2D eigenvalue weighted by molar-refractivity contribution is 7.89. The van der Waals surface area contributed by atoms with Gasteiger partial charge >= 0.3 is 0 Å². The third-order valence-corrected chi connectivity index (χ3v) is 4.61. The van der Waals surface area contributed by atoms with Gasteiger partial charge < -0.3 is 10.2 Å². The largest absolute Gasteiger partial charge is 0.508 e. The number of aromatic hydroxyl groups is 2. The number of benzene rings is 2. The van der Waals surface area contributed by atoms with Gasteiger partial charge in [0.2, 0.25) is 10.0 Å². The zero-order valence-corrected chi connectivity index (χ0v) is 14.1. The Morgan fingerprint density at radius 1 is 1.12 bits per heavy atom. The van der Waals surface area contributed by atoms with Crippen molar-refractivity contribution in [1.29, 1.82) is 0 Å². The predicted octanol–water partition coefficient (Wildman–Crippen LogP) is 0.916. The maximum atomic E-state index is 12.0. The summed E-state index contributed by atoms with van der Waals surface area (Å²) in [4.78, 5) is 11.8. The van der Waals surface area contributed by atoms with Crippen molar-refractivity contribution in [2.75, 3.05) is 6.54 Å². The fourth-order valence-electron chi connectivity index (χ4n) is 1.92. The molecule has 2 aromatic rings. The van der Waals surface area contributed by atoms with Crippen molar-refractivity contribution in [1.82, 2.24) is 10.1 Å². The van der Waals surface area contributed by atoms with Crippen LogP contribution in [0.3, 0.4) is 0 Å². The van der Waals surface area contributed by atoms with Gasteiger partial charge in [0.05, 0.1) is 17.2 Å². The SMILES string of the molecule is C/C(=N\NC(=O)CNS(=O)(=O)c1ccccc1)c1ccc(O)cc1O. The third-order valence-electron chi connectivity index (χ3n) is 3.20. The fraction of sp³-hybridized carbons (Fsp3) is 0.125. The normalized spacial score (nSPS) is 12.0. The number of hydrazone groups is 1. The lowest BCUT2D eigenvalue weighted by Gasteiger charge is -2.07. The molecule has 0 fully saturated rings.